The molecule has 1 aromatic heterocycles. The molecule has 2 N–H and O–H groups in total. The van der Waals surface area contributed by atoms with Crippen LogP contribution in [0.3, 0.4) is 0 Å². The number of benzene rings is 2. The van der Waals surface area contributed by atoms with Gasteiger partial charge in [-0.1, -0.05) is 29.0 Å². The number of anilines is 1. The van der Waals surface area contributed by atoms with Crippen LogP contribution in [0.4, 0.5) is 22.7 Å². The number of thiazole rings is 1. The van der Waals surface area contributed by atoms with Gasteiger partial charge < -0.3 is 5.32 Å². The number of carbonyl (C=O) groups is 1. The van der Waals surface area contributed by atoms with E-state index in [1.165, 1.54) is 30.3 Å². The summed E-state index contributed by atoms with van der Waals surface area (Å²) >= 11 is 6.17. The number of hydrogen-bond acceptors (Lipinski definition) is 5. The standard InChI is InChI=1S/C18H12ClF4N3O3S2/c19-14-7-10(1-6-13(14)18(21,22)23)8-24-16(27)11-2-4-12(5-3-11)31(28,29)26-17-25-9-15(20)30-17/h1-7,9H,8H2,(H,24,27)(H,25,26). The van der Waals surface area contributed by atoms with Crippen molar-refractivity contribution in [2.75, 3.05) is 4.72 Å². The first kappa shape index (κ1) is 23.0. The van der Waals surface area contributed by atoms with Crippen molar-refractivity contribution >= 4 is 44.0 Å². The van der Waals surface area contributed by atoms with Crippen molar-refractivity contribution in [2.45, 2.75) is 17.6 Å². The lowest BCUT2D eigenvalue weighted by Crippen LogP contribution is -2.23. The Labute approximate surface area is 182 Å². The Morgan fingerprint density at radius 2 is 1.81 bits per heavy atom. The summed E-state index contributed by atoms with van der Waals surface area (Å²) in [6.07, 6.45) is -3.71. The molecule has 3 aromatic rings. The topological polar surface area (TPSA) is 88.2 Å². The smallest absolute Gasteiger partial charge is 0.348 e. The Bertz CT molecular complexity index is 1210. The first-order valence-electron chi connectivity index (χ1n) is 8.34. The maximum absolute atomic E-state index is 13.0. The normalized spacial score (nSPS) is 11.9. The van der Waals surface area contributed by atoms with Crippen LogP contribution in [0.2, 0.25) is 5.02 Å². The molecule has 0 saturated carbocycles. The molecule has 31 heavy (non-hydrogen) atoms. The van der Waals surface area contributed by atoms with Crippen LogP contribution in [0, 0.1) is 5.13 Å². The molecule has 0 unspecified atom stereocenters. The fraction of sp³-hybridized carbons (Fsp3) is 0.111. The van der Waals surface area contributed by atoms with Crippen molar-refractivity contribution < 1.29 is 30.8 Å². The number of sulfonamides is 1. The van der Waals surface area contributed by atoms with E-state index >= 15 is 0 Å². The quantitative estimate of drug-likeness (QED) is 0.488. The summed E-state index contributed by atoms with van der Waals surface area (Å²) in [6, 6.07) is 7.99. The maximum atomic E-state index is 13.0. The van der Waals surface area contributed by atoms with E-state index in [0.717, 1.165) is 18.3 Å². The summed E-state index contributed by atoms with van der Waals surface area (Å²) in [5, 5.41) is 1.23. The molecule has 0 aliphatic rings. The van der Waals surface area contributed by atoms with E-state index in [2.05, 4.69) is 15.0 Å². The number of alkyl halides is 3. The third-order valence-corrected chi connectivity index (χ3v) is 6.42. The molecular weight excluding hydrogens is 482 g/mol. The molecule has 1 amide bonds. The molecule has 0 aliphatic carbocycles. The first-order chi connectivity index (χ1) is 14.5. The minimum absolute atomic E-state index is 0.0894. The predicted molar refractivity (Wildman–Crippen MR) is 107 cm³/mol. The van der Waals surface area contributed by atoms with Crippen LogP contribution >= 0.6 is 22.9 Å². The second-order valence-electron chi connectivity index (χ2n) is 6.09. The molecule has 6 nitrogen and oxygen atoms in total. The molecule has 0 spiro atoms. The van der Waals surface area contributed by atoms with E-state index in [1.807, 2.05) is 0 Å². The number of hydrogen-bond donors (Lipinski definition) is 2. The first-order valence-corrected chi connectivity index (χ1v) is 11.0. The predicted octanol–water partition coefficient (Wildman–Crippen LogP) is 4.69. The average Bonchev–Trinajstić information content (AvgIpc) is 3.09. The zero-order valence-corrected chi connectivity index (χ0v) is 17.6. The van der Waals surface area contributed by atoms with Crippen molar-refractivity contribution in [2.24, 2.45) is 0 Å². The van der Waals surface area contributed by atoms with E-state index in [1.54, 1.807) is 0 Å². The molecule has 13 heteroatoms. The van der Waals surface area contributed by atoms with Gasteiger partial charge in [0.1, 0.15) is 0 Å². The van der Waals surface area contributed by atoms with E-state index in [0.29, 0.717) is 16.9 Å². The Morgan fingerprint density at radius 1 is 1.13 bits per heavy atom. The molecular formula is C18H12ClF4N3O3S2. The molecule has 1 heterocycles. The largest absolute Gasteiger partial charge is 0.417 e. The van der Waals surface area contributed by atoms with Gasteiger partial charge in [0.15, 0.2) is 10.3 Å². The fourth-order valence-corrected chi connectivity index (χ4v) is 4.54. The van der Waals surface area contributed by atoms with Crippen LogP contribution in [0.15, 0.2) is 53.6 Å². The fourth-order valence-electron chi connectivity index (χ4n) is 2.44. The van der Waals surface area contributed by atoms with Gasteiger partial charge in [-0.25, -0.2) is 13.4 Å². The molecule has 0 radical (unpaired) electrons. The molecule has 164 valence electrons. The van der Waals surface area contributed by atoms with Crippen molar-refractivity contribution in [1.29, 1.82) is 0 Å². The number of halogens is 5. The van der Waals surface area contributed by atoms with Gasteiger partial charge in [-0.3, -0.25) is 9.52 Å². The van der Waals surface area contributed by atoms with Gasteiger partial charge in [0.2, 0.25) is 0 Å². The maximum Gasteiger partial charge on any atom is 0.417 e. The number of nitrogens with one attached hydrogen (secondary N) is 2. The van der Waals surface area contributed by atoms with E-state index in [4.69, 9.17) is 11.6 Å². The van der Waals surface area contributed by atoms with E-state index < -0.39 is 37.8 Å². The van der Waals surface area contributed by atoms with Gasteiger partial charge >= 0.3 is 6.18 Å². The van der Waals surface area contributed by atoms with Gasteiger partial charge in [0.25, 0.3) is 15.9 Å². The van der Waals surface area contributed by atoms with Crippen LogP contribution in [-0.4, -0.2) is 19.3 Å². The summed E-state index contributed by atoms with van der Waals surface area (Å²) in [4.78, 5) is 15.6. The summed E-state index contributed by atoms with van der Waals surface area (Å²) < 4.78 is 77.8. The summed E-state index contributed by atoms with van der Waals surface area (Å²) in [5.41, 5.74) is -0.502. The third kappa shape index (κ3) is 5.71. The SMILES string of the molecule is O=C(NCc1ccc(C(F)(F)F)c(Cl)c1)c1ccc(S(=O)(=O)Nc2ncc(F)s2)cc1. The molecule has 0 fully saturated rings. The molecule has 0 atom stereocenters. The third-order valence-electron chi connectivity index (χ3n) is 3.92. The molecule has 3 rings (SSSR count). The van der Waals surface area contributed by atoms with E-state index in [9.17, 15) is 30.8 Å². The Kier molecular flexibility index (Phi) is 6.53. The molecule has 0 bridgehead atoms. The van der Waals surface area contributed by atoms with Gasteiger partial charge in [-0.05, 0) is 42.0 Å². The van der Waals surface area contributed by atoms with Crippen molar-refractivity contribution in [1.82, 2.24) is 10.3 Å². The second-order valence-corrected chi connectivity index (χ2v) is 9.16. The lowest BCUT2D eigenvalue weighted by molar-refractivity contribution is -0.137. The highest BCUT2D eigenvalue weighted by molar-refractivity contribution is 7.93. The zero-order chi connectivity index (χ0) is 22.8. The van der Waals surface area contributed by atoms with Crippen LogP contribution in [-0.2, 0) is 22.7 Å². The number of rotatable bonds is 6. The highest BCUT2D eigenvalue weighted by Crippen LogP contribution is 2.34. The number of nitrogens with zero attached hydrogens (tertiary/aromatic N) is 1. The average molecular weight is 494 g/mol. The lowest BCUT2D eigenvalue weighted by atomic mass is 10.1. The van der Waals surface area contributed by atoms with Gasteiger partial charge in [-0.2, -0.15) is 17.6 Å². The monoisotopic (exact) mass is 493 g/mol. The Balaban J connectivity index is 1.65. The van der Waals surface area contributed by atoms with Crippen molar-refractivity contribution in [3.63, 3.8) is 0 Å². The highest BCUT2D eigenvalue weighted by atomic mass is 35.5. The van der Waals surface area contributed by atoms with Crippen molar-refractivity contribution in [3.8, 4) is 0 Å². The highest BCUT2D eigenvalue weighted by Gasteiger charge is 2.33. The van der Waals surface area contributed by atoms with Gasteiger partial charge in [0.05, 0.1) is 21.7 Å². The van der Waals surface area contributed by atoms with Crippen LogP contribution in [0.5, 0.6) is 0 Å². The van der Waals surface area contributed by atoms with Crippen LogP contribution < -0.4 is 10.0 Å². The van der Waals surface area contributed by atoms with Crippen molar-refractivity contribution in [3.05, 3.63) is 75.5 Å². The number of amides is 1. The number of aromatic nitrogens is 1. The minimum atomic E-state index is -4.58. The van der Waals surface area contributed by atoms with Crippen LogP contribution in [0.1, 0.15) is 21.5 Å². The summed E-state index contributed by atoms with van der Waals surface area (Å²) in [7, 11) is -4.03. The second kappa shape index (κ2) is 8.81. The molecule has 0 aliphatic heterocycles. The molecule has 2 aromatic carbocycles. The zero-order valence-electron chi connectivity index (χ0n) is 15.2. The minimum Gasteiger partial charge on any atom is -0.348 e. The Morgan fingerprint density at radius 3 is 2.35 bits per heavy atom. The molecule has 0 saturated heterocycles. The van der Waals surface area contributed by atoms with Gasteiger partial charge in [-0.15, -0.1) is 0 Å². The Hall–Kier alpha value is -2.70. The summed E-state index contributed by atoms with van der Waals surface area (Å²) in [5.74, 6) is -0.574. The van der Waals surface area contributed by atoms with E-state index in [-0.39, 0.29) is 22.1 Å². The van der Waals surface area contributed by atoms with Crippen LogP contribution in [0.25, 0.3) is 0 Å². The lowest BCUT2D eigenvalue weighted by Gasteiger charge is -2.11. The van der Waals surface area contributed by atoms with Gasteiger partial charge in [0, 0.05) is 12.1 Å². The summed E-state index contributed by atoms with van der Waals surface area (Å²) in [6.45, 7) is -0.0894. The number of carbonyl (C=O) groups excluding carboxylic acids is 1.